The van der Waals surface area contributed by atoms with E-state index in [-0.39, 0.29) is 12.1 Å². The molecule has 0 radical (unpaired) electrons. The molecule has 0 spiro atoms. The van der Waals surface area contributed by atoms with Crippen LogP contribution in [0.2, 0.25) is 5.02 Å². The molecule has 0 unspecified atom stereocenters. The van der Waals surface area contributed by atoms with Crippen molar-refractivity contribution in [2.24, 2.45) is 0 Å². The monoisotopic (exact) mass is 402 g/mol. The van der Waals surface area contributed by atoms with E-state index in [4.69, 9.17) is 25.6 Å². The molecule has 2 bridgehead atoms. The molecule has 5 rings (SSSR count). The van der Waals surface area contributed by atoms with Gasteiger partial charge in [0.05, 0.1) is 36.5 Å². The lowest BCUT2D eigenvalue weighted by molar-refractivity contribution is -0.168. The van der Waals surface area contributed by atoms with Gasteiger partial charge in [0.2, 0.25) is 0 Å². The van der Waals surface area contributed by atoms with Crippen LogP contribution in [0, 0.1) is 0 Å². The third-order valence-corrected chi connectivity index (χ3v) is 5.34. The van der Waals surface area contributed by atoms with Crippen molar-refractivity contribution in [3.8, 4) is 11.3 Å². The Morgan fingerprint density at radius 1 is 1.29 bits per heavy atom. The number of hydrogen-bond acceptors (Lipinski definition) is 7. The molecule has 9 heteroatoms. The Balaban J connectivity index is 1.30. The minimum atomic E-state index is -0.765. The summed E-state index contributed by atoms with van der Waals surface area (Å²) >= 11 is 5.98. The van der Waals surface area contributed by atoms with Gasteiger partial charge >= 0.3 is 0 Å². The number of aromatic nitrogens is 3. The summed E-state index contributed by atoms with van der Waals surface area (Å²) in [4.78, 5) is 0. The maximum atomic E-state index is 11.0. The molecule has 2 aliphatic rings. The number of aliphatic hydroxyl groups is 1. The first kappa shape index (κ1) is 17.8. The van der Waals surface area contributed by atoms with Crippen molar-refractivity contribution < 1.29 is 19.1 Å². The Hall–Kier alpha value is -2.23. The standard InChI is InChI=1S/C19H19ClN4O4/c20-12-7-22-24(9-12)17-18(25)16(15-10-26-19(17)27-15)21-8-13-6-14(23-28-13)11-4-2-1-3-5-11/h1-7,9,15-19,21,25H,8,10H2/t15-,16-,17-,18+,19-/m1/s1. The minimum absolute atomic E-state index is 0.251. The number of hydrogen-bond donors (Lipinski definition) is 2. The Labute approximate surface area is 166 Å². The van der Waals surface area contributed by atoms with Gasteiger partial charge in [-0.3, -0.25) is 4.68 Å². The molecule has 28 heavy (non-hydrogen) atoms. The highest BCUT2D eigenvalue weighted by molar-refractivity contribution is 6.30. The number of nitrogens with one attached hydrogen (secondary N) is 1. The Morgan fingerprint density at radius 2 is 2.14 bits per heavy atom. The van der Waals surface area contributed by atoms with Crippen molar-refractivity contribution in [1.82, 2.24) is 20.3 Å². The fourth-order valence-electron chi connectivity index (χ4n) is 3.77. The van der Waals surface area contributed by atoms with Crippen molar-refractivity contribution >= 4 is 11.6 Å². The minimum Gasteiger partial charge on any atom is -0.389 e. The van der Waals surface area contributed by atoms with E-state index in [0.717, 1.165) is 11.3 Å². The molecule has 5 atom stereocenters. The zero-order valence-electron chi connectivity index (χ0n) is 14.8. The number of benzene rings is 1. The number of halogens is 1. The normalized spacial score (nSPS) is 29.3. The van der Waals surface area contributed by atoms with Crippen LogP contribution in [0.25, 0.3) is 11.3 Å². The Morgan fingerprint density at radius 3 is 2.93 bits per heavy atom. The number of rotatable bonds is 5. The van der Waals surface area contributed by atoms with E-state index in [9.17, 15) is 5.11 Å². The van der Waals surface area contributed by atoms with E-state index in [1.54, 1.807) is 10.9 Å². The van der Waals surface area contributed by atoms with Crippen LogP contribution in [0.3, 0.4) is 0 Å². The molecule has 0 amide bonds. The first-order chi connectivity index (χ1) is 13.7. The molecule has 0 saturated carbocycles. The van der Waals surface area contributed by atoms with Crippen LogP contribution in [-0.4, -0.2) is 51.2 Å². The molecular weight excluding hydrogens is 384 g/mol. The van der Waals surface area contributed by atoms with Gasteiger partial charge in [0.25, 0.3) is 0 Å². The van der Waals surface area contributed by atoms with Gasteiger partial charge in [-0.2, -0.15) is 5.10 Å². The van der Waals surface area contributed by atoms with E-state index in [1.165, 1.54) is 6.20 Å². The summed E-state index contributed by atoms with van der Waals surface area (Å²) in [6, 6.07) is 10.9. The maximum absolute atomic E-state index is 11.0. The molecule has 2 N–H and O–H groups in total. The second kappa shape index (κ2) is 7.31. The van der Waals surface area contributed by atoms with E-state index < -0.39 is 18.4 Å². The van der Waals surface area contributed by atoms with Crippen LogP contribution in [0.15, 0.2) is 53.3 Å². The van der Waals surface area contributed by atoms with Crippen molar-refractivity contribution in [3.05, 3.63) is 59.6 Å². The molecule has 8 nitrogen and oxygen atoms in total. The summed E-state index contributed by atoms with van der Waals surface area (Å²) < 4.78 is 18.7. The molecule has 2 saturated heterocycles. The first-order valence-electron chi connectivity index (χ1n) is 9.08. The first-order valence-corrected chi connectivity index (χ1v) is 9.46. The largest absolute Gasteiger partial charge is 0.389 e. The van der Waals surface area contributed by atoms with Gasteiger partial charge in [-0.25, -0.2) is 0 Å². The summed E-state index contributed by atoms with van der Waals surface area (Å²) in [5.74, 6) is 0.672. The van der Waals surface area contributed by atoms with E-state index in [2.05, 4.69) is 15.6 Å². The molecule has 2 aromatic heterocycles. The summed E-state index contributed by atoms with van der Waals surface area (Å²) in [6.45, 7) is 0.801. The van der Waals surface area contributed by atoms with Crippen molar-refractivity contribution in [2.75, 3.05) is 6.61 Å². The second-order valence-corrected chi connectivity index (χ2v) is 7.38. The molecule has 2 aliphatic heterocycles. The van der Waals surface area contributed by atoms with Crippen molar-refractivity contribution in [2.45, 2.75) is 37.1 Å². The zero-order valence-corrected chi connectivity index (χ0v) is 15.6. The molecule has 2 fully saturated rings. The van der Waals surface area contributed by atoms with Crippen LogP contribution in [0.5, 0.6) is 0 Å². The third-order valence-electron chi connectivity index (χ3n) is 5.15. The molecule has 146 valence electrons. The molecule has 4 heterocycles. The van der Waals surface area contributed by atoms with Gasteiger partial charge in [0.15, 0.2) is 12.1 Å². The summed E-state index contributed by atoms with van der Waals surface area (Å²) in [7, 11) is 0. The SMILES string of the molecule is O[C@H]1[C@H](NCc2cc(-c3ccccc3)no2)[C@H]2CO[C@H](O2)[C@@H]1n1cc(Cl)cn1. The van der Waals surface area contributed by atoms with Gasteiger partial charge in [0, 0.05) is 17.8 Å². The van der Waals surface area contributed by atoms with Gasteiger partial charge in [-0.05, 0) is 0 Å². The molecule has 3 aromatic rings. The number of aliphatic hydroxyl groups excluding tert-OH is 1. The highest BCUT2D eigenvalue weighted by Crippen LogP contribution is 2.36. The second-order valence-electron chi connectivity index (χ2n) is 6.95. The molecule has 1 aromatic carbocycles. The van der Waals surface area contributed by atoms with Gasteiger partial charge in [-0.1, -0.05) is 47.1 Å². The lowest BCUT2D eigenvalue weighted by Gasteiger charge is -2.38. The quantitative estimate of drug-likeness (QED) is 0.674. The highest BCUT2D eigenvalue weighted by Gasteiger charge is 2.51. The summed E-state index contributed by atoms with van der Waals surface area (Å²) in [6.07, 6.45) is 1.61. The summed E-state index contributed by atoms with van der Waals surface area (Å²) in [5, 5.41) is 23.1. The number of ether oxygens (including phenoxy) is 2. The van der Waals surface area contributed by atoms with Crippen LogP contribution >= 0.6 is 11.6 Å². The maximum Gasteiger partial charge on any atom is 0.183 e. The van der Waals surface area contributed by atoms with Crippen LogP contribution < -0.4 is 5.32 Å². The fourth-order valence-corrected chi connectivity index (χ4v) is 3.92. The lowest BCUT2D eigenvalue weighted by Crippen LogP contribution is -2.57. The highest BCUT2D eigenvalue weighted by atomic mass is 35.5. The van der Waals surface area contributed by atoms with Crippen LogP contribution in [0.4, 0.5) is 0 Å². The van der Waals surface area contributed by atoms with Gasteiger partial charge in [-0.15, -0.1) is 0 Å². The van der Waals surface area contributed by atoms with Crippen LogP contribution in [0.1, 0.15) is 11.8 Å². The van der Waals surface area contributed by atoms with Gasteiger partial charge in [0.1, 0.15) is 17.8 Å². The van der Waals surface area contributed by atoms with Crippen molar-refractivity contribution in [3.63, 3.8) is 0 Å². The topological polar surface area (TPSA) is 94.6 Å². The average molecular weight is 403 g/mol. The van der Waals surface area contributed by atoms with E-state index in [0.29, 0.717) is 23.9 Å². The van der Waals surface area contributed by atoms with Crippen molar-refractivity contribution in [1.29, 1.82) is 0 Å². The third kappa shape index (κ3) is 3.23. The Bertz CT molecular complexity index is 946. The van der Waals surface area contributed by atoms with Gasteiger partial charge < -0.3 is 24.4 Å². The van der Waals surface area contributed by atoms with E-state index >= 15 is 0 Å². The molecular formula is C19H19ClN4O4. The number of nitrogens with zero attached hydrogens (tertiary/aromatic N) is 3. The predicted molar refractivity (Wildman–Crippen MR) is 99.5 cm³/mol. The Kier molecular flexibility index (Phi) is 4.65. The van der Waals surface area contributed by atoms with E-state index in [1.807, 2.05) is 36.4 Å². The average Bonchev–Trinajstić information content (AvgIpc) is 3.44. The van der Waals surface area contributed by atoms with Crippen LogP contribution in [-0.2, 0) is 16.0 Å². The predicted octanol–water partition coefficient (Wildman–Crippen LogP) is 2.01. The fraction of sp³-hybridized carbons (Fsp3) is 0.368. The molecule has 0 aliphatic carbocycles. The summed E-state index contributed by atoms with van der Waals surface area (Å²) in [5.41, 5.74) is 1.76. The zero-order chi connectivity index (χ0) is 19.1. The lowest BCUT2D eigenvalue weighted by atomic mass is 9.96. The smallest absolute Gasteiger partial charge is 0.183 e. The number of fused-ring (bicyclic) bond motifs is 2.